The van der Waals surface area contributed by atoms with Crippen LogP contribution in [-0.4, -0.2) is 75.7 Å². The van der Waals surface area contributed by atoms with Crippen molar-refractivity contribution in [3.05, 3.63) is 48.6 Å². The van der Waals surface area contributed by atoms with Gasteiger partial charge in [-0.1, -0.05) is 140 Å². The molecule has 2 heterocycles. The van der Waals surface area contributed by atoms with Gasteiger partial charge in [0.15, 0.2) is 0 Å². The SMILES string of the molecule is CCCCC/C=C\C/C=C\CCCCCCCCOC1CO[C@H](COC(=O)C2CCCN(C)C2)[C@@H]1OCCCCCCCC/C=C\C/C=C\CCCCC. The van der Waals surface area contributed by atoms with Crippen LogP contribution >= 0.6 is 0 Å². The molecule has 0 aliphatic carbocycles. The van der Waals surface area contributed by atoms with Crippen LogP contribution in [0.4, 0.5) is 0 Å². The van der Waals surface area contributed by atoms with Crippen molar-refractivity contribution in [3.8, 4) is 0 Å². The highest BCUT2D eigenvalue weighted by Crippen LogP contribution is 2.24. The van der Waals surface area contributed by atoms with Crippen LogP contribution in [0.25, 0.3) is 0 Å². The smallest absolute Gasteiger partial charge is 0.310 e. The first-order chi connectivity index (χ1) is 26.7. The molecule has 0 aromatic carbocycles. The first-order valence-corrected chi connectivity index (χ1v) is 23.0. The zero-order chi connectivity index (χ0) is 38.6. The van der Waals surface area contributed by atoms with Gasteiger partial charge in [-0.2, -0.15) is 0 Å². The molecule has 6 nitrogen and oxygen atoms in total. The number of allylic oxidation sites excluding steroid dienone is 8. The molecule has 54 heavy (non-hydrogen) atoms. The van der Waals surface area contributed by atoms with Crippen molar-refractivity contribution >= 4 is 5.97 Å². The van der Waals surface area contributed by atoms with E-state index in [0.717, 1.165) is 58.2 Å². The van der Waals surface area contributed by atoms with E-state index in [2.05, 4.69) is 74.4 Å². The van der Waals surface area contributed by atoms with Crippen molar-refractivity contribution in [1.29, 1.82) is 0 Å². The minimum Gasteiger partial charge on any atom is -0.463 e. The average molecular weight is 756 g/mol. The van der Waals surface area contributed by atoms with E-state index in [-0.39, 0.29) is 36.8 Å². The van der Waals surface area contributed by atoms with Gasteiger partial charge in [0.1, 0.15) is 24.9 Å². The molecular formula is C48H85NO5. The van der Waals surface area contributed by atoms with Crippen molar-refractivity contribution in [2.75, 3.05) is 46.6 Å². The van der Waals surface area contributed by atoms with Crippen molar-refractivity contribution in [1.82, 2.24) is 4.90 Å². The number of piperidine rings is 1. The van der Waals surface area contributed by atoms with E-state index >= 15 is 0 Å². The third-order valence-corrected chi connectivity index (χ3v) is 10.9. The predicted octanol–water partition coefficient (Wildman–Crippen LogP) is 12.7. The predicted molar refractivity (Wildman–Crippen MR) is 229 cm³/mol. The van der Waals surface area contributed by atoms with Crippen molar-refractivity contribution in [2.45, 2.75) is 199 Å². The van der Waals surface area contributed by atoms with E-state index in [4.69, 9.17) is 18.9 Å². The van der Waals surface area contributed by atoms with E-state index in [1.165, 1.54) is 128 Å². The van der Waals surface area contributed by atoms with Gasteiger partial charge in [0.2, 0.25) is 0 Å². The maximum absolute atomic E-state index is 12.9. The van der Waals surface area contributed by atoms with E-state index in [9.17, 15) is 4.79 Å². The lowest BCUT2D eigenvalue weighted by Gasteiger charge is -2.29. The third kappa shape index (κ3) is 26.2. The van der Waals surface area contributed by atoms with Gasteiger partial charge in [0.25, 0.3) is 0 Å². The van der Waals surface area contributed by atoms with E-state index in [0.29, 0.717) is 13.2 Å². The van der Waals surface area contributed by atoms with Gasteiger partial charge in [0, 0.05) is 19.8 Å². The molecule has 6 heteroatoms. The summed E-state index contributed by atoms with van der Waals surface area (Å²) in [7, 11) is 2.08. The number of rotatable bonds is 35. The molecule has 0 aromatic heterocycles. The van der Waals surface area contributed by atoms with E-state index in [1.54, 1.807) is 0 Å². The number of likely N-dealkylation sites (tertiary alicyclic amines) is 1. The Hall–Kier alpha value is -1.73. The Kier molecular flexibility index (Phi) is 32.0. The van der Waals surface area contributed by atoms with Crippen LogP contribution in [0.1, 0.15) is 181 Å². The summed E-state index contributed by atoms with van der Waals surface area (Å²) in [5, 5.41) is 0. The van der Waals surface area contributed by atoms with Crippen molar-refractivity contribution in [2.24, 2.45) is 5.92 Å². The first-order valence-electron chi connectivity index (χ1n) is 23.0. The maximum Gasteiger partial charge on any atom is 0.310 e. The molecule has 2 rings (SSSR count). The second-order valence-electron chi connectivity index (χ2n) is 16.0. The lowest BCUT2D eigenvalue weighted by atomic mass is 9.99. The van der Waals surface area contributed by atoms with Crippen LogP contribution < -0.4 is 0 Å². The first kappa shape index (κ1) is 48.4. The second-order valence-corrected chi connectivity index (χ2v) is 16.0. The monoisotopic (exact) mass is 756 g/mol. The molecule has 0 aromatic rings. The van der Waals surface area contributed by atoms with Crippen LogP contribution in [0.5, 0.6) is 0 Å². The molecule has 2 unspecified atom stereocenters. The van der Waals surface area contributed by atoms with Gasteiger partial charge in [-0.15, -0.1) is 0 Å². The Morgan fingerprint density at radius 2 is 1.11 bits per heavy atom. The quantitative estimate of drug-likeness (QED) is 0.0365. The third-order valence-electron chi connectivity index (χ3n) is 10.9. The summed E-state index contributed by atoms with van der Waals surface area (Å²) in [5.74, 6) is -0.140. The molecule has 0 spiro atoms. The van der Waals surface area contributed by atoms with E-state index < -0.39 is 0 Å². The molecule has 0 bridgehead atoms. The van der Waals surface area contributed by atoms with Gasteiger partial charge < -0.3 is 23.8 Å². The summed E-state index contributed by atoms with van der Waals surface area (Å²) >= 11 is 0. The number of ether oxygens (including phenoxy) is 4. The van der Waals surface area contributed by atoms with Crippen LogP contribution in [0.3, 0.4) is 0 Å². The fraction of sp³-hybridized carbons (Fsp3) is 0.812. The van der Waals surface area contributed by atoms with Gasteiger partial charge in [-0.05, 0) is 103 Å². The number of hydrogen-bond donors (Lipinski definition) is 0. The lowest BCUT2D eigenvalue weighted by molar-refractivity contribution is -0.156. The second kappa shape index (κ2) is 35.7. The largest absolute Gasteiger partial charge is 0.463 e. The zero-order valence-corrected chi connectivity index (χ0v) is 35.5. The van der Waals surface area contributed by atoms with E-state index in [1.807, 2.05) is 0 Å². The topological polar surface area (TPSA) is 57.2 Å². The summed E-state index contributed by atoms with van der Waals surface area (Å²) in [6.45, 7) is 8.53. The van der Waals surface area contributed by atoms with Gasteiger partial charge in [0.05, 0.1) is 12.5 Å². The van der Waals surface area contributed by atoms with Crippen molar-refractivity contribution < 1.29 is 23.7 Å². The minimum absolute atomic E-state index is 0.0429. The average Bonchev–Trinajstić information content (AvgIpc) is 3.57. The lowest BCUT2D eigenvalue weighted by Crippen LogP contribution is -2.40. The molecule has 312 valence electrons. The molecule has 2 aliphatic rings. The van der Waals surface area contributed by atoms with Crippen LogP contribution in [0.15, 0.2) is 48.6 Å². The molecule has 0 saturated carbocycles. The minimum atomic E-state index is -0.263. The Morgan fingerprint density at radius 1 is 0.630 bits per heavy atom. The molecule has 0 radical (unpaired) electrons. The standard InChI is InChI=1S/C48H85NO5/c1-4-6-8-10-12-14-16-18-20-22-24-26-28-30-32-34-39-51-45-42-53-46(43-54-48(50)44-37-36-38-49(3)41-44)47(45)52-40-35-33-31-29-27-25-23-21-19-17-15-13-11-9-7-5-2/h12-15,18-21,44-47H,4-11,16-17,22-43H2,1-3H3/b14-12-,15-13-,20-18-,21-19-/t44?,45?,46-,47-/m1/s1. The highest BCUT2D eigenvalue weighted by molar-refractivity contribution is 5.72. The Balaban J connectivity index is 1.59. The molecule has 2 fully saturated rings. The van der Waals surface area contributed by atoms with Crippen LogP contribution in [0.2, 0.25) is 0 Å². The summed E-state index contributed by atoms with van der Waals surface area (Å²) in [6.07, 6.45) is 49.7. The Bertz CT molecular complexity index is 976. The van der Waals surface area contributed by atoms with Crippen LogP contribution in [-0.2, 0) is 23.7 Å². The number of hydrogen-bond acceptors (Lipinski definition) is 6. The number of carbonyl (C=O) groups is 1. The normalized spacial score (nSPS) is 21.2. The number of nitrogens with zero attached hydrogens (tertiary/aromatic N) is 1. The van der Waals surface area contributed by atoms with Gasteiger partial charge in [-0.3, -0.25) is 4.79 Å². The number of unbranched alkanes of at least 4 members (excludes halogenated alkanes) is 18. The summed E-state index contributed by atoms with van der Waals surface area (Å²) in [4.78, 5) is 15.1. The Morgan fingerprint density at radius 3 is 1.63 bits per heavy atom. The van der Waals surface area contributed by atoms with Crippen LogP contribution in [0, 0.1) is 5.92 Å². The molecule has 4 atom stereocenters. The molecule has 0 N–H and O–H groups in total. The molecule has 2 saturated heterocycles. The van der Waals surface area contributed by atoms with Gasteiger partial charge >= 0.3 is 5.97 Å². The summed E-state index contributed by atoms with van der Waals surface area (Å²) < 4.78 is 24.8. The van der Waals surface area contributed by atoms with Gasteiger partial charge in [-0.25, -0.2) is 0 Å². The summed E-state index contributed by atoms with van der Waals surface area (Å²) in [5.41, 5.74) is 0. The highest BCUT2D eigenvalue weighted by Gasteiger charge is 2.40. The molecule has 2 aliphatic heterocycles. The zero-order valence-electron chi connectivity index (χ0n) is 35.5. The van der Waals surface area contributed by atoms with Crippen molar-refractivity contribution in [3.63, 3.8) is 0 Å². The molecule has 0 amide bonds. The highest BCUT2D eigenvalue weighted by atomic mass is 16.6. The Labute approximate surface area is 333 Å². The number of esters is 1. The summed E-state index contributed by atoms with van der Waals surface area (Å²) in [6, 6.07) is 0. The fourth-order valence-electron chi connectivity index (χ4n) is 7.42. The maximum atomic E-state index is 12.9. The molecular weight excluding hydrogens is 671 g/mol. The number of carbonyl (C=O) groups excluding carboxylic acids is 1. The fourth-order valence-corrected chi connectivity index (χ4v) is 7.42.